The molecule has 0 saturated carbocycles. The molecule has 2 rings (SSSR count). The summed E-state index contributed by atoms with van der Waals surface area (Å²) < 4.78 is 0. The molecule has 1 heterocycles. The van der Waals surface area contributed by atoms with Crippen molar-refractivity contribution in [3.63, 3.8) is 0 Å². The number of hydrogen-bond acceptors (Lipinski definition) is 3. The maximum Gasteiger partial charge on any atom is 0.245 e. The molecule has 1 saturated heterocycles. The van der Waals surface area contributed by atoms with Crippen molar-refractivity contribution in [1.29, 1.82) is 0 Å². The van der Waals surface area contributed by atoms with Crippen LogP contribution in [-0.4, -0.2) is 43.0 Å². The quantitative estimate of drug-likeness (QED) is 0.894. The van der Waals surface area contributed by atoms with Crippen LogP contribution in [0, 0.1) is 6.92 Å². The third kappa shape index (κ3) is 2.73. The van der Waals surface area contributed by atoms with E-state index >= 15 is 0 Å². The first-order valence-corrected chi connectivity index (χ1v) is 6.84. The molecule has 1 amide bonds. The van der Waals surface area contributed by atoms with Gasteiger partial charge in [-0.2, -0.15) is 0 Å². The fourth-order valence-corrected chi connectivity index (χ4v) is 2.65. The monoisotopic (exact) mass is 261 g/mol. The van der Waals surface area contributed by atoms with Gasteiger partial charge in [-0.05, 0) is 44.5 Å². The molecular formula is C15H23N3O. The van der Waals surface area contributed by atoms with Crippen LogP contribution in [0.15, 0.2) is 24.3 Å². The summed E-state index contributed by atoms with van der Waals surface area (Å²) in [6, 6.07) is 8.41. The largest absolute Gasteiger partial charge is 0.357 e. The highest BCUT2D eigenvalue weighted by Gasteiger charge is 2.36. The van der Waals surface area contributed by atoms with E-state index in [0.717, 1.165) is 12.2 Å². The number of amides is 1. The lowest BCUT2D eigenvalue weighted by Crippen LogP contribution is -2.60. The Balaban J connectivity index is 2.32. The lowest BCUT2D eigenvalue weighted by atomic mass is 10.0. The summed E-state index contributed by atoms with van der Waals surface area (Å²) in [6.07, 6.45) is 0.698. The van der Waals surface area contributed by atoms with Crippen molar-refractivity contribution in [3.8, 4) is 0 Å². The predicted octanol–water partition coefficient (Wildman–Crippen LogP) is 1.38. The highest BCUT2D eigenvalue weighted by atomic mass is 16.2. The molecule has 1 aromatic carbocycles. The van der Waals surface area contributed by atoms with Crippen molar-refractivity contribution in [2.24, 2.45) is 5.73 Å². The first-order chi connectivity index (χ1) is 9.04. The van der Waals surface area contributed by atoms with E-state index in [0.29, 0.717) is 13.0 Å². The van der Waals surface area contributed by atoms with Gasteiger partial charge in [-0.3, -0.25) is 4.79 Å². The summed E-state index contributed by atoms with van der Waals surface area (Å²) in [6.45, 7) is 5.54. The van der Waals surface area contributed by atoms with Crippen molar-refractivity contribution in [3.05, 3.63) is 29.8 Å². The Morgan fingerprint density at radius 2 is 2.16 bits per heavy atom. The number of aryl methyl sites for hydroxylation is 1. The Hall–Kier alpha value is -1.55. The zero-order valence-corrected chi connectivity index (χ0v) is 12.0. The Morgan fingerprint density at radius 3 is 2.79 bits per heavy atom. The molecule has 2 atom stereocenters. The third-order valence-electron chi connectivity index (χ3n) is 3.90. The molecule has 1 aliphatic rings. The number of anilines is 1. The fourth-order valence-electron chi connectivity index (χ4n) is 2.65. The Bertz CT molecular complexity index is 460. The van der Waals surface area contributed by atoms with Crippen LogP contribution in [0.1, 0.15) is 18.9 Å². The van der Waals surface area contributed by atoms with Gasteiger partial charge in [0.15, 0.2) is 0 Å². The van der Waals surface area contributed by atoms with Crippen LogP contribution >= 0.6 is 0 Å². The van der Waals surface area contributed by atoms with Crippen molar-refractivity contribution in [2.75, 3.05) is 25.0 Å². The summed E-state index contributed by atoms with van der Waals surface area (Å²) in [7, 11) is 1.88. The number of carbonyl (C=O) groups excluding carboxylic acids is 1. The Morgan fingerprint density at radius 1 is 1.42 bits per heavy atom. The minimum absolute atomic E-state index is 0.131. The van der Waals surface area contributed by atoms with E-state index < -0.39 is 0 Å². The number of nitrogens with zero attached hydrogens (tertiary/aromatic N) is 2. The summed E-state index contributed by atoms with van der Waals surface area (Å²) >= 11 is 0. The van der Waals surface area contributed by atoms with Gasteiger partial charge in [0, 0.05) is 25.3 Å². The average molecular weight is 261 g/mol. The first-order valence-electron chi connectivity index (χ1n) is 6.84. The number of carbonyl (C=O) groups is 1. The van der Waals surface area contributed by atoms with Gasteiger partial charge >= 0.3 is 0 Å². The highest BCUT2D eigenvalue weighted by Crippen LogP contribution is 2.25. The molecule has 0 aliphatic carbocycles. The third-order valence-corrected chi connectivity index (χ3v) is 3.90. The maximum absolute atomic E-state index is 12.4. The van der Waals surface area contributed by atoms with Crippen molar-refractivity contribution < 1.29 is 4.79 Å². The minimum Gasteiger partial charge on any atom is -0.357 e. The molecule has 2 N–H and O–H groups in total. The second-order valence-electron chi connectivity index (χ2n) is 5.38. The Kier molecular flexibility index (Phi) is 4.10. The van der Waals surface area contributed by atoms with Crippen LogP contribution < -0.4 is 10.6 Å². The number of hydrogen-bond donors (Lipinski definition) is 1. The van der Waals surface area contributed by atoms with E-state index in [9.17, 15) is 4.79 Å². The predicted molar refractivity (Wildman–Crippen MR) is 78.2 cm³/mol. The molecule has 104 valence electrons. The van der Waals surface area contributed by atoms with Crippen LogP contribution in [0.25, 0.3) is 0 Å². The number of likely N-dealkylation sites (N-methyl/N-ethyl adjacent to an activating group) is 1. The normalized spacial score (nSPS) is 23.9. The highest BCUT2D eigenvalue weighted by molar-refractivity contribution is 5.87. The zero-order valence-electron chi connectivity index (χ0n) is 12.0. The van der Waals surface area contributed by atoms with Gasteiger partial charge in [0.25, 0.3) is 0 Å². The van der Waals surface area contributed by atoms with E-state index in [1.807, 2.05) is 18.0 Å². The van der Waals surface area contributed by atoms with Gasteiger partial charge in [-0.1, -0.05) is 12.1 Å². The standard InChI is InChI=1S/C15H23N3O/c1-11-5-4-6-13(9-11)18-10-12(2)17(3)15(19)14(18)7-8-16/h4-6,9,12,14H,7-8,10,16H2,1-3H3. The molecule has 19 heavy (non-hydrogen) atoms. The molecule has 0 radical (unpaired) electrons. The second kappa shape index (κ2) is 5.61. The molecule has 1 aliphatic heterocycles. The molecular weight excluding hydrogens is 238 g/mol. The van der Waals surface area contributed by atoms with Gasteiger partial charge in [0.2, 0.25) is 5.91 Å². The summed E-state index contributed by atoms with van der Waals surface area (Å²) in [5, 5.41) is 0. The lowest BCUT2D eigenvalue weighted by Gasteiger charge is -2.44. The minimum atomic E-state index is -0.131. The van der Waals surface area contributed by atoms with Crippen LogP contribution in [0.4, 0.5) is 5.69 Å². The SMILES string of the molecule is Cc1cccc(N2CC(C)N(C)C(=O)C2CCN)c1. The van der Waals surface area contributed by atoms with Crippen molar-refractivity contribution in [2.45, 2.75) is 32.4 Å². The average Bonchev–Trinajstić information content (AvgIpc) is 2.39. The molecule has 4 nitrogen and oxygen atoms in total. The number of nitrogens with two attached hydrogens (primary N) is 1. The summed E-state index contributed by atoms with van der Waals surface area (Å²) in [5.74, 6) is 0.172. The van der Waals surface area contributed by atoms with Crippen LogP contribution in [0.2, 0.25) is 0 Å². The smallest absolute Gasteiger partial charge is 0.245 e. The molecule has 1 aromatic rings. The van der Waals surface area contributed by atoms with E-state index in [1.165, 1.54) is 5.56 Å². The molecule has 1 fully saturated rings. The summed E-state index contributed by atoms with van der Waals surface area (Å²) in [4.78, 5) is 16.5. The first kappa shape index (κ1) is 13.9. The molecule has 2 unspecified atom stereocenters. The van der Waals surface area contributed by atoms with E-state index in [2.05, 4.69) is 36.9 Å². The van der Waals surface area contributed by atoms with Crippen LogP contribution in [0.3, 0.4) is 0 Å². The number of rotatable bonds is 3. The van der Waals surface area contributed by atoms with Gasteiger partial charge in [0.05, 0.1) is 0 Å². The van der Waals surface area contributed by atoms with Crippen molar-refractivity contribution in [1.82, 2.24) is 4.90 Å². The van der Waals surface area contributed by atoms with Crippen LogP contribution in [0.5, 0.6) is 0 Å². The fraction of sp³-hybridized carbons (Fsp3) is 0.533. The molecule has 0 spiro atoms. The summed E-state index contributed by atoms with van der Waals surface area (Å²) in [5.41, 5.74) is 8.00. The maximum atomic E-state index is 12.4. The lowest BCUT2D eigenvalue weighted by molar-refractivity contribution is -0.135. The Labute approximate surface area is 115 Å². The molecule has 4 heteroatoms. The second-order valence-corrected chi connectivity index (χ2v) is 5.38. The number of piperazine rings is 1. The zero-order chi connectivity index (χ0) is 14.0. The van der Waals surface area contributed by atoms with Gasteiger partial charge in [-0.15, -0.1) is 0 Å². The van der Waals surface area contributed by atoms with Crippen LogP contribution in [-0.2, 0) is 4.79 Å². The number of benzene rings is 1. The molecule has 0 bridgehead atoms. The van der Waals surface area contributed by atoms with E-state index in [4.69, 9.17) is 5.73 Å². The van der Waals surface area contributed by atoms with Gasteiger partial charge in [-0.25, -0.2) is 0 Å². The molecule has 0 aromatic heterocycles. The van der Waals surface area contributed by atoms with Gasteiger partial charge in [0.1, 0.15) is 6.04 Å². The topological polar surface area (TPSA) is 49.6 Å². The van der Waals surface area contributed by atoms with Gasteiger partial charge < -0.3 is 15.5 Å². The van der Waals surface area contributed by atoms with Crippen molar-refractivity contribution >= 4 is 11.6 Å². The van der Waals surface area contributed by atoms with E-state index in [1.54, 1.807) is 0 Å². The van der Waals surface area contributed by atoms with E-state index in [-0.39, 0.29) is 18.0 Å².